The highest BCUT2D eigenvalue weighted by atomic mass is 35.5. The number of hydrogen-bond donors (Lipinski definition) is 1. The van der Waals surface area contributed by atoms with Gasteiger partial charge in [-0.2, -0.15) is 13.2 Å². The first-order chi connectivity index (χ1) is 15.1. The summed E-state index contributed by atoms with van der Waals surface area (Å²) in [5.74, 6) is -1.84. The molecular weight excluding hydrogens is 486 g/mol. The van der Waals surface area contributed by atoms with Crippen LogP contribution in [0.1, 0.15) is 42.2 Å². The molecule has 0 bridgehead atoms. The van der Waals surface area contributed by atoms with Gasteiger partial charge in [0.05, 0.1) is 5.56 Å². The molecule has 2 N–H and O–H groups in total. The van der Waals surface area contributed by atoms with Crippen LogP contribution in [0, 0.1) is 0 Å². The molecule has 1 aromatic carbocycles. The minimum atomic E-state index is -4.62. The van der Waals surface area contributed by atoms with E-state index < -0.39 is 35.5 Å². The van der Waals surface area contributed by atoms with Crippen LogP contribution in [0.5, 0.6) is 0 Å². The van der Waals surface area contributed by atoms with Gasteiger partial charge in [0, 0.05) is 34.4 Å². The van der Waals surface area contributed by atoms with Crippen molar-refractivity contribution >= 4 is 52.2 Å². The van der Waals surface area contributed by atoms with Crippen molar-refractivity contribution in [2.45, 2.75) is 50.0 Å². The largest absolute Gasteiger partial charge is 0.416 e. The number of carbonyl (C=O) groups excluding carboxylic acids is 2. The van der Waals surface area contributed by atoms with Crippen molar-refractivity contribution in [1.29, 1.82) is 0 Å². The predicted molar refractivity (Wildman–Crippen MR) is 120 cm³/mol. The highest BCUT2D eigenvalue weighted by Gasteiger charge is 2.39. The van der Waals surface area contributed by atoms with Gasteiger partial charge >= 0.3 is 6.18 Å². The Hall–Kier alpha value is -1.81. The molecule has 1 fully saturated rings. The van der Waals surface area contributed by atoms with Gasteiger partial charge in [0.15, 0.2) is 6.04 Å². The van der Waals surface area contributed by atoms with E-state index in [4.69, 9.17) is 29.1 Å². The van der Waals surface area contributed by atoms with Gasteiger partial charge in [-0.1, -0.05) is 12.1 Å². The fraction of sp³-hybridized carbons (Fsp3) is 0.429. The Morgan fingerprint density at radius 3 is 2.41 bits per heavy atom. The number of amides is 2. The lowest BCUT2D eigenvalue weighted by molar-refractivity contribution is -0.137. The first-order valence-electron chi connectivity index (χ1n) is 9.96. The number of nitrogens with two attached hydrogens (primary N) is 1. The van der Waals surface area contributed by atoms with Crippen molar-refractivity contribution in [3.8, 4) is 0 Å². The van der Waals surface area contributed by atoms with Crippen LogP contribution >= 0.6 is 34.7 Å². The maximum Gasteiger partial charge on any atom is 0.416 e. The van der Waals surface area contributed by atoms with Crippen molar-refractivity contribution < 1.29 is 22.8 Å². The number of hydrogen-bond acceptors (Lipinski definition) is 4. The van der Waals surface area contributed by atoms with Gasteiger partial charge in [0.1, 0.15) is 5.88 Å². The number of carbonyl (C=O) groups is 2. The Morgan fingerprint density at radius 1 is 1.16 bits per heavy atom. The molecule has 1 aliphatic rings. The van der Waals surface area contributed by atoms with Gasteiger partial charge in [-0.25, -0.2) is 4.42 Å². The predicted octanol–water partition coefficient (Wildman–Crippen LogP) is 5.33. The van der Waals surface area contributed by atoms with Crippen molar-refractivity contribution in [2.24, 2.45) is 5.73 Å². The van der Waals surface area contributed by atoms with E-state index >= 15 is 0 Å². The van der Waals surface area contributed by atoms with Gasteiger partial charge in [-0.15, -0.1) is 22.9 Å². The molecule has 0 aliphatic heterocycles. The second-order valence-electron chi connectivity index (χ2n) is 7.58. The van der Waals surface area contributed by atoms with Crippen LogP contribution in [-0.2, 0) is 15.8 Å². The molecule has 1 atom stereocenters. The standard InChI is InChI=1S/C21H22Cl2F3N3O2S/c22-12-18(30)28(16-4-1-3-13(11-16)21(24,25)26)19(17-5-2-10-32-17)20(31)29(23)15-8-6-14(27)7-9-15/h1-5,10-11,14-15,19H,6-9,12,27H2. The molecular formula is C21H22Cl2F3N3O2S. The number of rotatable bonds is 6. The maximum absolute atomic E-state index is 13.5. The zero-order valence-electron chi connectivity index (χ0n) is 16.9. The molecule has 1 heterocycles. The van der Waals surface area contributed by atoms with E-state index in [-0.39, 0.29) is 17.8 Å². The van der Waals surface area contributed by atoms with Gasteiger partial charge in [-0.3, -0.25) is 14.5 Å². The molecule has 3 rings (SSSR count). The van der Waals surface area contributed by atoms with Crippen LogP contribution in [0.2, 0.25) is 0 Å². The fourth-order valence-electron chi connectivity index (χ4n) is 3.76. The second-order valence-corrected chi connectivity index (χ2v) is 9.19. The van der Waals surface area contributed by atoms with Crippen molar-refractivity contribution in [3.05, 3.63) is 52.2 Å². The van der Waals surface area contributed by atoms with E-state index in [0.29, 0.717) is 30.6 Å². The Labute approximate surface area is 198 Å². The molecule has 1 aromatic heterocycles. The monoisotopic (exact) mass is 507 g/mol. The third-order valence-corrected chi connectivity index (χ3v) is 7.01. The van der Waals surface area contributed by atoms with Gasteiger partial charge in [-0.05, 0) is 55.3 Å². The first-order valence-corrected chi connectivity index (χ1v) is 11.7. The lowest BCUT2D eigenvalue weighted by Crippen LogP contribution is -2.47. The van der Waals surface area contributed by atoms with Gasteiger partial charge in [0.25, 0.3) is 5.91 Å². The summed E-state index contributed by atoms with van der Waals surface area (Å²) >= 11 is 13.4. The number of nitrogens with zero attached hydrogens (tertiary/aromatic N) is 2. The highest BCUT2D eigenvalue weighted by Crippen LogP contribution is 2.37. The van der Waals surface area contributed by atoms with Gasteiger partial charge < -0.3 is 5.73 Å². The number of benzene rings is 1. The van der Waals surface area contributed by atoms with Crippen LogP contribution < -0.4 is 10.6 Å². The molecule has 32 heavy (non-hydrogen) atoms. The van der Waals surface area contributed by atoms with Gasteiger partial charge in [0.2, 0.25) is 5.91 Å². The van der Waals surface area contributed by atoms with E-state index in [1.54, 1.807) is 17.5 Å². The summed E-state index contributed by atoms with van der Waals surface area (Å²) < 4.78 is 41.0. The van der Waals surface area contributed by atoms with Crippen LogP contribution in [0.25, 0.3) is 0 Å². The summed E-state index contributed by atoms with van der Waals surface area (Å²) in [6.45, 7) is 0. The Bertz CT molecular complexity index is 935. The van der Waals surface area contributed by atoms with Crippen LogP contribution in [-0.4, -0.2) is 34.2 Å². The van der Waals surface area contributed by atoms with Crippen molar-refractivity contribution in [2.75, 3.05) is 10.8 Å². The van der Waals surface area contributed by atoms with Crippen LogP contribution in [0.15, 0.2) is 41.8 Å². The molecule has 2 aromatic rings. The third-order valence-electron chi connectivity index (χ3n) is 5.41. The maximum atomic E-state index is 13.5. The zero-order chi connectivity index (χ0) is 23.5. The third kappa shape index (κ3) is 5.57. The fourth-order valence-corrected chi connectivity index (χ4v) is 4.99. The Morgan fingerprint density at radius 2 is 1.84 bits per heavy atom. The number of halogens is 5. The summed E-state index contributed by atoms with van der Waals surface area (Å²) in [6, 6.07) is 6.07. The summed E-state index contributed by atoms with van der Waals surface area (Å²) in [5, 5.41) is 1.71. The van der Waals surface area contributed by atoms with Crippen molar-refractivity contribution in [3.63, 3.8) is 0 Å². The molecule has 5 nitrogen and oxygen atoms in total. The Balaban J connectivity index is 2.03. The average molecular weight is 508 g/mol. The molecule has 1 unspecified atom stereocenters. The molecule has 11 heteroatoms. The quantitative estimate of drug-likeness (QED) is 0.424. The summed E-state index contributed by atoms with van der Waals surface area (Å²) in [6.07, 6.45) is -2.03. The molecule has 0 saturated heterocycles. The molecule has 1 aliphatic carbocycles. The molecule has 1 saturated carbocycles. The molecule has 0 radical (unpaired) electrons. The number of thiophene rings is 1. The minimum Gasteiger partial charge on any atom is -0.328 e. The number of anilines is 1. The topological polar surface area (TPSA) is 66.6 Å². The SMILES string of the molecule is NC1CCC(N(Cl)C(=O)C(c2cccs2)N(C(=O)CCl)c2cccc(C(F)(F)F)c2)CC1. The minimum absolute atomic E-state index is 0.0407. The van der Waals surface area contributed by atoms with E-state index in [9.17, 15) is 22.8 Å². The second kappa shape index (κ2) is 10.4. The van der Waals surface area contributed by atoms with Crippen molar-refractivity contribution in [1.82, 2.24) is 4.42 Å². The molecule has 0 spiro atoms. The summed E-state index contributed by atoms with van der Waals surface area (Å²) in [7, 11) is 0. The van der Waals surface area contributed by atoms with E-state index in [1.807, 2.05) is 0 Å². The van der Waals surface area contributed by atoms with Crippen LogP contribution in [0.3, 0.4) is 0 Å². The van der Waals surface area contributed by atoms with E-state index in [0.717, 1.165) is 21.5 Å². The average Bonchev–Trinajstić information content (AvgIpc) is 3.30. The normalized spacial score (nSPS) is 19.9. The van der Waals surface area contributed by atoms with E-state index in [1.165, 1.54) is 23.5 Å². The lowest BCUT2D eigenvalue weighted by Gasteiger charge is -2.36. The Kier molecular flexibility index (Phi) is 8.08. The number of alkyl halides is 4. The lowest BCUT2D eigenvalue weighted by atomic mass is 9.91. The molecule has 174 valence electrons. The smallest absolute Gasteiger partial charge is 0.328 e. The first kappa shape index (κ1) is 24.8. The van der Waals surface area contributed by atoms with E-state index in [2.05, 4.69) is 0 Å². The highest BCUT2D eigenvalue weighted by molar-refractivity contribution is 7.10. The zero-order valence-corrected chi connectivity index (χ0v) is 19.2. The molecule has 2 amide bonds. The summed E-state index contributed by atoms with van der Waals surface area (Å²) in [5.41, 5.74) is 4.91. The summed E-state index contributed by atoms with van der Waals surface area (Å²) in [4.78, 5) is 27.9. The van der Waals surface area contributed by atoms with Crippen LogP contribution in [0.4, 0.5) is 18.9 Å².